The lowest BCUT2D eigenvalue weighted by Gasteiger charge is -2.21. The third kappa shape index (κ3) is 4.51. The fourth-order valence-electron chi connectivity index (χ4n) is 3.64. The number of aromatic nitrogens is 1. The van der Waals surface area contributed by atoms with Crippen molar-refractivity contribution in [3.05, 3.63) is 22.9 Å². The maximum Gasteiger partial charge on any atom is 0.230 e. The summed E-state index contributed by atoms with van der Waals surface area (Å²) in [6.07, 6.45) is 10.7. The number of pyridine rings is 1. The molecule has 0 bridgehead atoms. The highest BCUT2D eigenvalue weighted by atomic mass is 32.2. The van der Waals surface area contributed by atoms with Crippen molar-refractivity contribution in [2.24, 2.45) is 5.92 Å². The van der Waals surface area contributed by atoms with E-state index in [1.807, 2.05) is 6.07 Å². The second-order valence-electron chi connectivity index (χ2n) is 6.86. The molecule has 0 atom stereocenters. The quantitative estimate of drug-likeness (QED) is 0.829. The predicted molar refractivity (Wildman–Crippen MR) is 95.9 cm³/mol. The molecule has 0 radical (unpaired) electrons. The molecule has 0 aromatic carbocycles. The first-order valence-electron chi connectivity index (χ1n) is 9.08. The molecule has 0 spiro atoms. The van der Waals surface area contributed by atoms with Gasteiger partial charge in [0.2, 0.25) is 5.91 Å². The van der Waals surface area contributed by atoms with Crippen molar-refractivity contribution < 1.29 is 4.79 Å². The van der Waals surface area contributed by atoms with Crippen LogP contribution in [-0.4, -0.2) is 23.2 Å². The van der Waals surface area contributed by atoms with Gasteiger partial charge in [-0.15, -0.1) is 0 Å². The number of rotatable bonds is 5. The van der Waals surface area contributed by atoms with Gasteiger partial charge in [0, 0.05) is 12.2 Å². The summed E-state index contributed by atoms with van der Waals surface area (Å²) in [5.74, 6) is 1.03. The van der Waals surface area contributed by atoms with Crippen molar-refractivity contribution in [1.82, 2.24) is 10.3 Å². The normalized spacial score (nSPS) is 17.8. The minimum absolute atomic E-state index is 0.0500. The van der Waals surface area contributed by atoms with Crippen molar-refractivity contribution in [3.8, 4) is 6.07 Å². The Bertz CT molecular complexity index is 632. The van der Waals surface area contributed by atoms with E-state index < -0.39 is 0 Å². The maximum absolute atomic E-state index is 12.1. The van der Waals surface area contributed by atoms with Crippen molar-refractivity contribution in [2.45, 2.75) is 62.8 Å². The molecule has 5 heteroatoms. The number of carbonyl (C=O) groups is 1. The average Bonchev–Trinajstić information content (AvgIpc) is 2.64. The van der Waals surface area contributed by atoms with Gasteiger partial charge in [-0.3, -0.25) is 4.79 Å². The highest BCUT2D eigenvalue weighted by Crippen LogP contribution is 2.27. The van der Waals surface area contributed by atoms with Crippen LogP contribution < -0.4 is 5.32 Å². The van der Waals surface area contributed by atoms with Crippen LogP contribution in [0.15, 0.2) is 11.1 Å². The Balaban J connectivity index is 1.53. The van der Waals surface area contributed by atoms with Crippen LogP contribution in [0, 0.1) is 17.2 Å². The van der Waals surface area contributed by atoms with Crippen LogP contribution >= 0.6 is 11.8 Å². The Hall–Kier alpha value is -1.54. The number of nitrogens with zero attached hydrogens (tertiary/aromatic N) is 2. The fourth-order valence-corrected chi connectivity index (χ4v) is 4.44. The van der Waals surface area contributed by atoms with Crippen molar-refractivity contribution in [1.29, 1.82) is 5.26 Å². The van der Waals surface area contributed by atoms with Gasteiger partial charge in [0.1, 0.15) is 11.1 Å². The molecule has 0 unspecified atom stereocenters. The minimum Gasteiger partial charge on any atom is -0.355 e. The lowest BCUT2D eigenvalue weighted by atomic mass is 9.89. The zero-order valence-electron chi connectivity index (χ0n) is 14.1. The summed E-state index contributed by atoms with van der Waals surface area (Å²) < 4.78 is 0. The number of thioether (sulfide) groups is 1. The van der Waals surface area contributed by atoms with Crippen molar-refractivity contribution >= 4 is 17.7 Å². The number of nitrogens with one attached hydrogen (secondary N) is 1. The number of hydrogen-bond donors (Lipinski definition) is 1. The molecule has 1 heterocycles. The molecular weight excluding hydrogens is 318 g/mol. The van der Waals surface area contributed by atoms with Crippen molar-refractivity contribution in [2.75, 3.05) is 12.3 Å². The number of nitriles is 1. The summed E-state index contributed by atoms with van der Waals surface area (Å²) in [4.78, 5) is 16.8. The summed E-state index contributed by atoms with van der Waals surface area (Å²) >= 11 is 1.39. The Morgan fingerprint density at radius 1 is 1.25 bits per heavy atom. The highest BCUT2D eigenvalue weighted by Gasteiger charge is 2.17. The van der Waals surface area contributed by atoms with Gasteiger partial charge in [-0.25, -0.2) is 4.98 Å². The second kappa shape index (κ2) is 8.53. The molecule has 0 aliphatic heterocycles. The molecule has 1 aromatic rings. The molecular formula is C19H25N3OS. The largest absolute Gasteiger partial charge is 0.355 e. The van der Waals surface area contributed by atoms with Gasteiger partial charge in [0.15, 0.2) is 0 Å². The van der Waals surface area contributed by atoms with Gasteiger partial charge in [0.25, 0.3) is 0 Å². The van der Waals surface area contributed by atoms with Crippen LogP contribution in [0.25, 0.3) is 0 Å². The number of hydrogen-bond acceptors (Lipinski definition) is 4. The van der Waals surface area contributed by atoms with Crippen LogP contribution in [0.1, 0.15) is 61.8 Å². The van der Waals surface area contributed by atoms with Gasteiger partial charge in [-0.1, -0.05) is 31.0 Å². The fraction of sp³-hybridized carbons (Fsp3) is 0.632. The van der Waals surface area contributed by atoms with Crippen molar-refractivity contribution in [3.63, 3.8) is 0 Å². The van der Waals surface area contributed by atoms with Crippen LogP contribution in [0.5, 0.6) is 0 Å². The van der Waals surface area contributed by atoms with Gasteiger partial charge in [-0.05, 0) is 56.1 Å². The van der Waals surface area contributed by atoms with E-state index in [0.717, 1.165) is 31.5 Å². The third-order valence-electron chi connectivity index (χ3n) is 5.04. The topological polar surface area (TPSA) is 65.8 Å². The smallest absolute Gasteiger partial charge is 0.230 e. The molecule has 1 N–H and O–H groups in total. The Morgan fingerprint density at radius 2 is 2.04 bits per heavy atom. The standard InChI is InChI=1S/C19H25N3OS/c20-11-16-10-15-8-4-5-9-17(15)22-19(16)24-13-18(23)21-12-14-6-2-1-3-7-14/h10,14H,1-9,12-13H2,(H,21,23). The first kappa shape index (κ1) is 17.3. The number of amides is 1. The molecule has 1 saturated carbocycles. The third-order valence-corrected chi connectivity index (χ3v) is 6.03. The van der Waals surface area contributed by atoms with Crippen LogP contribution in [0.4, 0.5) is 0 Å². The summed E-state index contributed by atoms with van der Waals surface area (Å²) in [6.45, 7) is 0.794. The van der Waals surface area contributed by atoms with Gasteiger partial charge in [-0.2, -0.15) is 5.26 Å². The Labute approximate surface area is 148 Å². The lowest BCUT2D eigenvalue weighted by molar-refractivity contribution is -0.118. The van der Waals surface area contributed by atoms with Gasteiger partial charge >= 0.3 is 0 Å². The zero-order valence-corrected chi connectivity index (χ0v) is 15.0. The van der Waals surface area contributed by atoms with E-state index >= 15 is 0 Å². The molecule has 4 nitrogen and oxygen atoms in total. The van der Waals surface area contributed by atoms with Crippen LogP contribution in [0.3, 0.4) is 0 Å². The van der Waals surface area contributed by atoms with Gasteiger partial charge < -0.3 is 5.32 Å². The molecule has 128 valence electrons. The summed E-state index contributed by atoms with van der Waals surface area (Å²) in [7, 11) is 0. The summed E-state index contributed by atoms with van der Waals surface area (Å²) in [6, 6.07) is 4.21. The predicted octanol–water partition coefficient (Wildman–Crippen LogP) is 3.62. The Morgan fingerprint density at radius 3 is 2.83 bits per heavy atom. The van der Waals surface area contributed by atoms with E-state index in [-0.39, 0.29) is 5.91 Å². The summed E-state index contributed by atoms with van der Waals surface area (Å²) in [5.41, 5.74) is 2.94. The van der Waals surface area contributed by atoms with E-state index in [2.05, 4.69) is 16.4 Å². The molecule has 2 aliphatic carbocycles. The highest BCUT2D eigenvalue weighted by molar-refractivity contribution is 8.00. The minimum atomic E-state index is 0.0500. The number of aryl methyl sites for hydroxylation is 2. The van der Waals surface area contributed by atoms with Crippen LogP contribution in [-0.2, 0) is 17.6 Å². The van der Waals surface area contributed by atoms with E-state index in [9.17, 15) is 10.1 Å². The SMILES string of the molecule is N#Cc1cc2c(nc1SCC(=O)NCC1CCCCC1)CCCC2. The van der Waals surface area contributed by atoms with E-state index in [1.165, 1.54) is 55.9 Å². The number of fused-ring (bicyclic) bond motifs is 1. The Kier molecular flexibility index (Phi) is 6.14. The molecule has 2 aliphatic rings. The second-order valence-corrected chi connectivity index (χ2v) is 7.83. The zero-order chi connectivity index (χ0) is 16.8. The lowest BCUT2D eigenvalue weighted by Crippen LogP contribution is -2.31. The summed E-state index contributed by atoms with van der Waals surface area (Å²) in [5, 5.41) is 13.1. The molecule has 0 saturated heterocycles. The monoisotopic (exact) mass is 343 g/mol. The first-order valence-corrected chi connectivity index (χ1v) is 10.1. The molecule has 1 amide bonds. The number of carbonyl (C=O) groups excluding carboxylic acids is 1. The molecule has 1 fully saturated rings. The van der Waals surface area contributed by atoms with Crippen LogP contribution in [0.2, 0.25) is 0 Å². The first-order chi connectivity index (χ1) is 11.8. The molecule has 24 heavy (non-hydrogen) atoms. The molecule has 1 aromatic heterocycles. The van der Waals surface area contributed by atoms with E-state index in [0.29, 0.717) is 22.3 Å². The van der Waals surface area contributed by atoms with Gasteiger partial charge in [0.05, 0.1) is 11.3 Å². The van der Waals surface area contributed by atoms with E-state index in [4.69, 9.17) is 0 Å². The maximum atomic E-state index is 12.1. The van der Waals surface area contributed by atoms with E-state index in [1.54, 1.807) is 0 Å². The average molecular weight is 343 g/mol. The molecule has 3 rings (SSSR count).